The lowest BCUT2D eigenvalue weighted by Crippen LogP contribution is -2.38. The number of nitrogens with zero attached hydrogens (tertiary/aromatic N) is 1. The highest BCUT2D eigenvalue weighted by Gasteiger charge is 2.40. The Bertz CT molecular complexity index is 460. The van der Waals surface area contributed by atoms with Crippen LogP contribution in [0.15, 0.2) is 18.3 Å². The van der Waals surface area contributed by atoms with Crippen LogP contribution < -0.4 is 10.6 Å². The highest BCUT2D eigenvalue weighted by atomic mass is 16.1. The van der Waals surface area contributed by atoms with E-state index in [4.69, 9.17) is 0 Å². The molecule has 2 fully saturated rings. The first-order valence-corrected chi connectivity index (χ1v) is 6.71. The topological polar surface area (TPSA) is 54.0 Å². The molecule has 0 spiro atoms. The molecule has 1 aromatic rings. The molecule has 1 aromatic heterocycles. The van der Waals surface area contributed by atoms with Gasteiger partial charge < -0.3 is 10.6 Å². The number of pyridine rings is 1. The fraction of sp³-hybridized carbons (Fsp3) is 0.571. The monoisotopic (exact) mass is 245 g/mol. The Morgan fingerprint density at radius 1 is 1.39 bits per heavy atom. The zero-order valence-corrected chi connectivity index (χ0v) is 10.6. The SMILES string of the molecule is CNc1ccnc(C(=O)NC2CC3CCC2C3)c1. The van der Waals surface area contributed by atoms with Gasteiger partial charge in [-0.25, -0.2) is 0 Å². The predicted octanol–water partition coefficient (Wildman–Crippen LogP) is 2.04. The van der Waals surface area contributed by atoms with E-state index in [1.807, 2.05) is 13.1 Å². The van der Waals surface area contributed by atoms with Gasteiger partial charge in [-0.2, -0.15) is 0 Å². The molecular weight excluding hydrogens is 226 g/mol. The van der Waals surface area contributed by atoms with Crippen LogP contribution in [0.5, 0.6) is 0 Å². The molecule has 0 radical (unpaired) electrons. The lowest BCUT2D eigenvalue weighted by atomic mass is 9.95. The summed E-state index contributed by atoms with van der Waals surface area (Å²) in [7, 11) is 1.84. The molecule has 96 valence electrons. The van der Waals surface area contributed by atoms with Crippen molar-refractivity contribution in [2.24, 2.45) is 11.8 Å². The number of hydrogen-bond donors (Lipinski definition) is 2. The zero-order chi connectivity index (χ0) is 12.5. The van der Waals surface area contributed by atoms with Gasteiger partial charge in [0.15, 0.2) is 0 Å². The van der Waals surface area contributed by atoms with Gasteiger partial charge in [0, 0.05) is 25.0 Å². The maximum absolute atomic E-state index is 12.1. The van der Waals surface area contributed by atoms with E-state index in [9.17, 15) is 4.79 Å². The van der Waals surface area contributed by atoms with Crippen molar-refractivity contribution in [2.45, 2.75) is 31.7 Å². The first kappa shape index (κ1) is 11.5. The molecule has 2 aliphatic rings. The Kier molecular flexibility index (Phi) is 2.94. The van der Waals surface area contributed by atoms with Crippen molar-refractivity contribution in [3.8, 4) is 0 Å². The summed E-state index contributed by atoms with van der Waals surface area (Å²) in [5, 5.41) is 6.17. The largest absolute Gasteiger partial charge is 0.388 e. The second-order valence-corrected chi connectivity index (χ2v) is 5.43. The highest BCUT2D eigenvalue weighted by Crippen LogP contribution is 2.44. The third kappa shape index (κ3) is 2.07. The summed E-state index contributed by atoms with van der Waals surface area (Å²) in [4.78, 5) is 16.3. The molecule has 18 heavy (non-hydrogen) atoms. The van der Waals surface area contributed by atoms with Crippen LogP contribution in [0.2, 0.25) is 0 Å². The third-order valence-electron chi connectivity index (χ3n) is 4.34. The Labute approximate surface area is 107 Å². The number of aromatic nitrogens is 1. The van der Waals surface area contributed by atoms with Gasteiger partial charge in [-0.15, -0.1) is 0 Å². The van der Waals surface area contributed by atoms with E-state index in [0.29, 0.717) is 17.7 Å². The van der Waals surface area contributed by atoms with E-state index in [2.05, 4.69) is 15.6 Å². The quantitative estimate of drug-likeness (QED) is 0.857. The molecule has 1 amide bonds. The summed E-state index contributed by atoms with van der Waals surface area (Å²) >= 11 is 0. The van der Waals surface area contributed by atoms with Gasteiger partial charge >= 0.3 is 0 Å². The van der Waals surface area contributed by atoms with Crippen molar-refractivity contribution in [2.75, 3.05) is 12.4 Å². The molecular formula is C14H19N3O. The smallest absolute Gasteiger partial charge is 0.270 e. The van der Waals surface area contributed by atoms with Gasteiger partial charge in [0.1, 0.15) is 5.69 Å². The molecule has 4 nitrogen and oxygen atoms in total. The molecule has 0 aliphatic heterocycles. The fourth-order valence-corrected chi connectivity index (χ4v) is 3.37. The number of hydrogen-bond acceptors (Lipinski definition) is 3. The average molecular weight is 245 g/mol. The molecule has 2 aliphatic carbocycles. The first-order valence-electron chi connectivity index (χ1n) is 6.71. The van der Waals surface area contributed by atoms with Crippen LogP contribution in [-0.2, 0) is 0 Å². The van der Waals surface area contributed by atoms with E-state index in [1.54, 1.807) is 12.3 Å². The van der Waals surface area contributed by atoms with Crippen molar-refractivity contribution in [1.29, 1.82) is 0 Å². The second-order valence-electron chi connectivity index (χ2n) is 5.43. The maximum Gasteiger partial charge on any atom is 0.270 e. The van der Waals surface area contributed by atoms with Gasteiger partial charge in [0.2, 0.25) is 0 Å². The maximum atomic E-state index is 12.1. The number of carbonyl (C=O) groups excluding carboxylic acids is 1. The Morgan fingerprint density at radius 3 is 2.94 bits per heavy atom. The summed E-state index contributed by atoms with van der Waals surface area (Å²) in [5.74, 6) is 1.51. The number of anilines is 1. The van der Waals surface area contributed by atoms with Crippen LogP contribution >= 0.6 is 0 Å². The minimum absolute atomic E-state index is 0.0374. The number of carbonyl (C=O) groups is 1. The standard InChI is InChI=1S/C14H19N3O/c1-15-11-4-5-16-13(8-11)14(18)17-12-7-9-2-3-10(12)6-9/h4-5,8-10,12H,2-3,6-7H2,1H3,(H,15,16)(H,17,18). The minimum Gasteiger partial charge on any atom is -0.388 e. The zero-order valence-electron chi connectivity index (χ0n) is 10.6. The molecule has 0 saturated heterocycles. The summed E-state index contributed by atoms with van der Waals surface area (Å²) in [6, 6.07) is 4.02. The summed E-state index contributed by atoms with van der Waals surface area (Å²) in [5.41, 5.74) is 1.42. The summed E-state index contributed by atoms with van der Waals surface area (Å²) < 4.78 is 0. The average Bonchev–Trinajstić information content (AvgIpc) is 3.01. The van der Waals surface area contributed by atoms with Crippen molar-refractivity contribution in [3.05, 3.63) is 24.0 Å². The van der Waals surface area contributed by atoms with E-state index in [0.717, 1.165) is 18.0 Å². The molecule has 3 unspecified atom stereocenters. The van der Waals surface area contributed by atoms with Crippen molar-refractivity contribution in [3.63, 3.8) is 0 Å². The molecule has 2 saturated carbocycles. The van der Waals surface area contributed by atoms with E-state index < -0.39 is 0 Å². The van der Waals surface area contributed by atoms with Crippen LogP contribution in [0.1, 0.15) is 36.2 Å². The molecule has 2 bridgehead atoms. The van der Waals surface area contributed by atoms with Crippen LogP contribution in [0.25, 0.3) is 0 Å². The summed E-state index contributed by atoms with van der Waals surface area (Å²) in [6.45, 7) is 0. The van der Waals surface area contributed by atoms with Gasteiger partial charge in [0.05, 0.1) is 0 Å². The van der Waals surface area contributed by atoms with Crippen molar-refractivity contribution in [1.82, 2.24) is 10.3 Å². The molecule has 1 heterocycles. The molecule has 4 heteroatoms. The Hall–Kier alpha value is -1.58. The second kappa shape index (κ2) is 4.59. The number of nitrogens with one attached hydrogen (secondary N) is 2. The van der Waals surface area contributed by atoms with E-state index in [1.165, 1.54) is 19.3 Å². The highest BCUT2D eigenvalue weighted by molar-refractivity contribution is 5.93. The van der Waals surface area contributed by atoms with Gasteiger partial charge in [-0.05, 0) is 43.2 Å². The minimum atomic E-state index is -0.0374. The lowest BCUT2D eigenvalue weighted by Gasteiger charge is -2.22. The normalized spacial score (nSPS) is 29.3. The number of amides is 1. The van der Waals surface area contributed by atoms with Crippen molar-refractivity contribution >= 4 is 11.6 Å². The number of rotatable bonds is 3. The third-order valence-corrected chi connectivity index (χ3v) is 4.34. The Balaban J connectivity index is 1.67. The first-order chi connectivity index (χ1) is 8.76. The van der Waals surface area contributed by atoms with Gasteiger partial charge in [-0.3, -0.25) is 9.78 Å². The van der Waals surface area contributed by atoms with Crippen molar-refractivity contribution < 1.29 is 4.79 Å². The van der Waals surface area contributed by atoms with Crippen LogP contribution in [0.4, 0.5) is 5.69 Å². The van der Waals surface area contributed by atoms with Crippen LogP contribution in [-0.4, -0.2) is 24.0 Å². The molecule has 0 aromatic carbocycles. The van der Waals surface area contributed by atoms with E-state index >= 15 is 0 Å². The van der Waals surface area contributed by atoms with Gasteiger partial charge in [-0.1, -0.05) is 6.42 Å². The predicted molar refractivity (Wildman–Crippen MR) is 70.5 cm³/mol. The van der Waals surface area contributed by atoms with E-state index in [-0.39, 0.29) is 5.91 Å². The van der Waals surface area contributed by atoms with Crippen LogP contribution in [0, 0.1) is 11.8 Å². The fourth-order valence-electron chi connectivity index (χ4n) is 3.37. The van der Waals surface area contributed by atoms with Crippen LogP contribution in [0.3, 0.4) is 0 Å². The molecule has 3 atom stereocenters. The number of fused-ring (bicyclic) bond motifs is 2. The Morgan fingerprint density at radius 2 is 2.28 bits per heavy atom. The van der Waals surface area contributed by atoms with Gasteiger partial charge in [0.25, 0.3) is 5.91 Å². The molecule has 2 N–H and O–H groups in total. The lowest BCUT2D eigenvalue weighted by molar-refractivity contribution is 0.0918. The summed E-state index contributed by atoms with van der Waals surface area (Å²) in [6.07, 6.45) is 6.75. The molecule has 3 rings (SSSR count).